The highest BCUT2D eigenvalue weighted by Crippen LogP contribution is 2.26. The molecule has 0 radical (unpaired) electrons. The molecule has 9 heteroatoms. The predicted molar refractivity (Wildman–Crippen MR) is 121 cm³/mol. The summed E-state index contributed by atoms with van der Waals surface area (Å²) < 4.78 is 31.0. The van der Waals surface area contributed by atoms with Crippen LogP contribution in [-0.4, -0.2) is 49.9 Å². The second-order valence-electron chi connectivity index (χ2n) is 7.52. The zero-order chi connectivity index (χ0) is 23.6. The minimum Gasteiger partial charge on any atom is -0.507 e. The number of fused-ring (bicyclic) bond motifs is 1. The van der Waals surface area contributed by atoms with Crippen LogP contribution in [0.5, 0.6) is 5.75 Å². The third-order valence-electron chi connectivity index (χ3n) is 4.98. The number of carbonyl (C=O) groups is 2. The number of amides is 1. The molecule has 32 heavy (non-hydrogen) atoms. The SMILES string of the molecule is Cc1ccc(S(=O)(=O)N(C)C)cc1NC(=O)C(C)OC(=O)c1cc2ccccc2cc1O. The number of phenolic OH excluding ortho intramolecular Hbond substituents is 1. The van der Waals surface area contributed by atoms with Crippen LogP contribution in [-0.2, 0) is 19.6 Å². The molecular formula is C23H24N2O6S. The van der Waals surface area contributed by atoms with Gasteiger partial charge in [-0.25, -0.2) is 17.5 Å². The van der Waals surface area contributed by atoms with E-state index in [2.05, 4.69) is 5.32 Å². The molecule has 0 spiro atoms. The second-order valence-corrected chi connectivity index (χ2v) is 9.67. The van der Waals surface area contributed by atoms with Crippen molar-refractivity contribution in [3.8, 4) is 5.75 Å². The first kappa shape index (κ1) is 23.2. The molecule has 0 bridgehead atoms. The Morgan fingerprint density at radius 3 is 2.28 bits per heavy atom. The minimum absolute atomic E-state index is 0.0223. The lowest BCUT2D eigenvalue weighted by Gasteiger charge is -2.17. The number of benzene rings is 3. The van der Waals surface area contributed by atoms with Gasteiger partial charge in [0.15, 0.2) is 6.10 Å². The Morgan fingerprint density at radius 1 is 1.03 bits per heavy atom. The molecule has 2 N–H and O–H groups in total. The molecule has 1 atom stereocenters. The number of anilines is 1. The van der Waals surface area contributed by atoms with Gasteiger partial charge in [-0.2, -0.15) is 0 Å². The number of sulfonamides is 1. The number of nitrogens with one attached hydrogen (secondary N) is 1. The molecule has 0 aliphatic rings. The van der Waals surface area contributed by atoms with E-state index >= 15 is 0 Å². The average Bonchev–Trinajstić information content (AvgIpc) is 2.74. The van der Waals surface area contributed by atoms with Crippen molar-refractivity contribution in [1.82, 2.24) is 4.31 Å². The number of phenols is 1. The molecule has 0 aromatic heterocycles. The molecule has 3 aromatic rings. The van der Waals surface area contributed by atoms with Gasteiger partial charge in [0.25, 0.3) is 5.91 Å². The third kappa shape index (κ3) is 4.74. The minimum atomic E-state index is -3.68. The molecular weight excluding hydrogens is 432 g/mol. The van der Waals surface area contributed by atoms with Gasteiger partial charge in [0.2, 0.25) is 10.0 Å². The van der Waals surface area contributed by atoms with Gasteiger partial charge in [0.1, 0.15) is 11.3 Å². The van der Waals surface area contributed by atoms with Gasteiger partial charge in [-0.05, 0) is 54.4 Å². The Kier molecular flexibility index (Phi) is 6.52. The van der Waals surface area contributed by atoms with E-state index in [1.165, 1.54) is 45.3 Å². The lowest BCUT2D eigenvalue weighted by molar-refractivity contribution is -0.123. The maximum absolute atomic E-state index is 12.6. The van der Waals surface area contributed by atoms with Gasteiger partial charge in [0, 0.05) is 19.8 Å². The quantitative estimate of drug-likeness (QED) is 0.551. The van der Waals surface area contributed by atoms with Crippen molar-refractivity contribution in [3.05, 3.63) is 65.7 Å². The van der Waals surface area contributed by atoms with E-state index in [1.54, 1.807) is 31.2 Å². The fraction of sp³-hybridized carbons (Fsp3) is 0.217. The summed E-state index contributed by atoms with van der Waals surface area (Å²) in [7, 11) is -0.853. The highest BCUT2D eigenvalue weighted by atomic mass is 32.2. The maximum atomic E-state index is 12.6. The first-order chi connectivity index (χ1) is 15.0. The molecule has 0 aliphatic heterocycles. The summed E-state index contributed by atoms with van der Waals surface area (Å²) in [5.74, 6) is -1.74. The third-order valence-corrected chi connectivity index (χ3v) is 6.79. The highest BCUT2D eigenvalue weighted by Gasteiger charge is 2.23. The Bertz CT molecular complexity index is 1300. The normalized spacial score (nSPS) is 12.5. The number of hydrogen-bond donors (Lipinski definition) is 2. The summed E-state index contributed by atoms with van der Waals surface area (Å²) in [6, 6.07) is 14.5. The Morgan fingerprint density at radius 2 is 1.66 bits per heavy atom. The smallest absolute Gasteiger partial charge is 0.342 e. The van der Waals surface area contributed by atoms with E-state index in [0.717, 1.165) is 15.1 Å². The number of aromatic hydroxyl groups is 1. The number of esters is 1. The van der Waals surface area contributed by atoms with Crippen LogP contribution >= 0.6 is 0 Å². The van der Waals surface area contributed by atoms with Crippen LogP contribution in [0.25, 0.3) is 10.8 Å². The molecule has 3 aromatic carbocycles. The Hall–Kier alpha value is -3.43. The van der Waals surface area contributed by atoms with E-state index < -0.39 is 28.0 Å². The topological polar surface area (TPSA) is 113 Å². The summed E-state index contributed by atoms with van der Waals surface area (Å²) in [4.78, 5) is 25.2. The van der Waals surface area contributed by atoms with Crippen LogP contribution in [0.2, 0.25) is 0 Å². The van der Waals surface area contributed by atoms with E-state index in [4.69, 9.17) is 4.74 Å². The van der Waals surface area contributed by atoms with Crippen LogP contribution in [0, 0.1) is 6.92 Å². The first-order valence-corrected chi connectivity index (χ1v) is 11.2. The number of hydrogen-bond acceptors (Lipinski definition) is 6. The number of rotatable bonds is 6. The standard InChI is InChI=1S/C23H24N2O6S/c1-14-9-10-18(32(29,30)25(3)4)13-20(14)24-22(27)15(2)31-23(28)19-11-16-7-5-6-8-17(16)12-21(19)26/h5-13,15,26H,1-4H3,(H,24,27). The molecule has 168 valence electrons. The van der Waals surface area contributed by atoms with Crippen LogP contribution in [0.1, 0.15) is 22.8 Å². The van der Waals surface area contributed by atoms with E-state index in [1.807, 2.05) is 6.07 Å². The zero-order valence-electron chi connectivity index (χ0n) is 18.1. The fourth-order valence-corrected chi connectivity index (χ4v) is 3.94. The summed E-state index contributed by atoms with van der Waals surface area (Å²) in [6.07, 6.45) is -1.19. The monoisotopic (exact) mass is 456 g/mol. The van der Waals surface area contributed by atoms with Crippen molar-refractivity contribution >= 4 is 38.4 Å². The molecule has 1 unspecified atom stereocenters. The molecule has 0 heterocycles. The van der Waals surface area contributed by atoms with Crippen molar-refractivity contribution < 1.29 is 27.9 Å². The van der Waals surface area contributed by atoms with E-state index in [-0.39, 0.29) is 21.9 Å². The molecule has 0 aliphatic carbocycles. The molecule has 0 fully saturated rings. The van der Waals surface area contributed by atoms with Crippen LogP contribution in [0.15, 0.2) is 59.5 Å². The lowest BCUT2D eigenvalue weighted by atomic mass is 10.1. The molecule has 3 rings (SSSR count). The maximum Gasteiger partial charge on any atom is 0.342 e. The molecule has 8 nitrogen and oxygen atoms in total. The van der Waals surface area contributed by atoms with Gasteiger partial charge in [-0.1, -0.05) is 30.3 Å². The van der Waals surface area contributed by atoms with E-state index in [9.17, 15) is 23.1 Å². The van der Waals surface area contributed by atoms with Crippen molar-refractivity contribution in [2.24, 2.45) is 0 Å². The van der Waals surface area contributed by atoms with Crippen molar-refractivity contribution in [2.75, 3.05) is 19.4 Å². The van der Waals surface area contributed by atoms with Gasteiger partial charge in [0.05, 0.1) is 4.90 Å². The Labute approximate surface area is 186 Å². The second kappa shape index (κ2) is 8.97. The summed E-state index contributed by atoms with van der Waals surface area (Å²) in [5.41, 5.74) is 0.870. The van der Waals surface area contributed by atoms with E-state index in [0.29, 0.717) is 5.56 Å². The predicted octanol–water partition coefficient (Wildman–Crippen LogP) is 3.29. The van der Waals surface area contributed by atoms with Crippen LogP contribution in [0.4, 0.5) is 5.69 Å². The van der Waals surface area contributed by atoms with Gasteiger partial charge >= 0.3 is 5.97 Å². The average molecular weight is 457 g/mol. The first-order valence-electron chi connectivity index (χ1n) is 9.77. The van der Waals surface area contributed by atoms with Crippen LogP contribution < -0.4 is 5.32 Å². The molecule has 0 saturated carbocycles. The number of aryl methyl sites for hydroxylation is 1. The molecule has 0 saturated heterocycles. The fourth-order valence-electron chi connectivity index (χ4n) is 3.01. The summed E-state index contributed by atoms with van der Waals surface area (Å²) in [5, 5.41) is 14.3. The van der Waals surface area contributed by atoms with Crippen LogP contribution in [0.3, 0.4) is 0 Å². The number of ether oxygens (including phenoxy) is 1. The number of carbonyl (C=O) groups excluding carboxylic acids is 2. The van der Waals surface area contributed by atoms with Gasteiger partial charge in [-0.3, -0.25) is 4.79 Å². The van der Waals surface area contributed by atoms with Gasteiger partial charge in [-0.15, -0.1) is 0 Å². The lowest BCUT2D eigenvalue weighted by Crippen LogP contribution is -2.30. The number of nitrogens with zero attached hydrogens (tertiary/aromatic N) is 1. The summed E-state index contributed by atoms with van der Waals surface area (Å²) in [6.45, 7) is 3.10. The largest absolute Gasteiger partial charge is 0.507 e. The van der Waals surface area contributed by atoms with Gasteiger partial charge < -0.3 is 15.2 Å². The Balaban J connectivity index is 1.77. The zero-order valence-corrected chi connectivity index (χ0v) is 18.9. The molecule has 1 amide bonds. The van der Waals surface area contributed by atoms with Crippen molar-refractivity contribution in [1.29, 1.82) is 0 Å². The highest BCUT2D eigenvalue weighted by molar-refractivity contribution is 7.89. The summed E-state index contributed by atoms with van der Waals surface area (Å²) >= 11 is 0. The van der Waals surface area contributed by atoms with Crippen molar-refractivity contribution in [2.45, 2.75) is 24.8 Å². The van der Waals surface area contributed by atoms with Crippen molar-refractivity contribution in [3.63, 3.8) is 0 Å².